The van der Waals surface area contributed by atoms with Crippen molar-refractivity contribution in [1.82, 2.24) is 19.9 Å². The fourth-order valence-electron chi connectivity index (χ4n) is 7.67. The van der Waals surface area contributed by atoms with Crippen molar-refractivity contribution in [1.29, 1.82) is 0 Å². The first kappa shape index (κ1) is 32.6. The van der Waals surface area contributed by atoms with Gasteiger partial charge < -0.3 is 0 Å². The van der Waals surface area contributed by atoms with Crippen LogP contribution in [0.5, 0.6) is 0 Å². The molecule has 0 aliphatic rings. The van der Waals surface area contributed by atoms with Gasteiger partial charge in [-0.1, -0.05) is 152 Å². The fraction of sp³-hybridized carbons (Fsp3) is 0. The van der Waals surface area contributed by atoms with Crippen LogP contribution in [0.25, 0.3) is 108 Å². The molecule has 11 aromatic rings. The quantitative estimate of drug-likeness (QED) is 0.170. The van der Waals surface area contributed by atoms with Gasteiger partial charge in [0, 0.05) is 53.2 Å². The van der Waals surface area contributed by atoms with Crippen molar-refractivity contribution in [2.45, 2.75) is 0 Å². The van der Waals surface area contributed by atoms with Crippen molar-refractivity contribution in [3.8, 4) is 67.5 Å². The van der Waals surface area contributed by atoms with Crippen LogP contribution in [0.3, 0.4) is 0 Å². The molecule has 6 heteroatoms. The van der Waals surface area contributed by atoms with Crippen LogP contribution in [0, 0.1) is 0 Å². The molecule has 4 nitrogen and oxygen atoms in total. The molecule has 262 valence electrons. The Bertz CT molecular complexity index is 3040. The van der Waals surface area contributed by atoms with Crippen molar-refractivity contribution in [2.75, 3.05) is 0 Å². The molecule has 0 saturated carbocycles. The van der Waals surface area contributed by atoms with Gasteiger partial charge in [0.25, 0.3) is 0 Å². The van der Waals surface area contributed by atoms with E-state index in [1.54, 1.807) is 22.7 Å². The number of aromatic nitrogens is 4. The first-order valence-corrected chi connectivity index (χ1v) is 20.2. The SMILES string of the molecule is c1ccc(-c2nc(-c3cccc(-c4cccc(-c5cccc(-c6nc(-c7ccccc7)c7c(n6)sc6ccccc67)c5)c4)c3)nc3sc4ccccc4c23)cc1. The molecule has 0 unspecified atom stereocenters. The molecule has 0 aliphatic carbocycles. The smallest absolute Gasteiger partial charge is 0.161 e. The second-order valence-electron chi connectivity index (χ2n) is 13.8. The van der Waals surface area contributed by atoms with Gasteiger partial charge in [-0.15, -0.1) is 22.7 Å². The molecular formula is C50H30N4S2. The number of benzene rings is 7. The Labute approximate surface area is 331 Å². The Morgan fingerprint density at radius 1 is 0.286 bits per heavy atom. The van der Waals surface area contributed by atoms with Crippen LogP contribution in [0.1, 0.15) is 0 Å². The van der Waals surface area contributed by atoms with E-state index in [9.17, 15) is 0 Å². The molecule has 4 aromatic heterocycles. The summed E-state index contributed by atoms with van der Waals surface area (Å²) in [6.07, 6.45) is 0. The van der Waals surface area contributed by atoms with Crippen LogP contribution < -0.4 is 0 Å². The van der Waals surface area contributed by atoms with Crippen molar-refractivity contribution in [3.63, 3.8) is 0 Å². The van der Waals surface area contributed by atoms with Gasteiger partial charge in [0.05, 0.1) is 11.4 Å². The topological polar surface area (TPSA) is 51.6 Å². The van der Waals surface area contributed by atoms with E-state index in [1.807, 2.05) is 12.1 Å². The Morgan fingerprint density at radius 2 is 0.625 bits per heavy atom. The molecule has 0 radical (unpaired) electrons. The Kier molecular flexibility index (Phi) is 7.83. The van der Waals surface area contributed by atoms with Gasteiger partial charge >= 0.3 is 0 Å². The summed E-state index contributed by atoms with van der Waals surface area (Å²) >= 11 is 3.44. The lowest BCUT2D eigenvalue weighted by Gasteiger charge is -2.11. The Morgan fingerprint density at radius 3 is 1.05 bits per heavy atom. The highest BCUT2D eigenvalue weighted by Gasteiger charge is 2.19. The largest absolute Gasteiger partial charge is 0.227 e. The predicted molar refractivity (Wildman–Crippen MR) is 236 cm³/mol. The molecule has 7 aromatic carbocycles. The van der Waals surface area contributed by atoms with Gasteiger partial charge in [-0.3, -0.25) is 0 Å². The third kappa shape index (κ3) is 5.66. The zero-order valence-electron chi connectivity index (χ0n) is 29.9. The van der Waals surface area contributed by atoms with Crippen molar-refractivity contribution in [3.05, 3.63) is 182 Å². The molecule has 0 bridgehead atoms. The summed E-state index contributed by atoms with van der Waals surface area (Å²) in [6.45, 7) is 0. The number of hydrogen-bond donors (Lipinski definition) is 0. The molecule has 11 rings (SSSR count). The van der Waals surface area contributed by atoms with Gasteiger partial charge in [0.15, 0.2) is 11.6 Å². The van der Waals surface area contributed by atoms with E-state index in [4.69, 9.17) is 19.9 Å². The predicted octanol–water partition coefficient (Wildman–Crippen LogP) is 14.0. The highest BCUT2D eigenvalue weighted by Crippen LogP contribution is 2.41. The zero-order chi connectivity index (χ0) is 37.0. The van der Waals surface area contributed by atoms with Crippen molar-refractivity contribution < 1.29 is 0 Å². The third-order valence-electron chi connectivity index (χ3n) is 10.3. The average molecular weight is 751 g/mol. The molecule has 0 atom stereocenters. The molecule has 56 heavy (non-hydrogen) atoms. The van der Waals surface area contributed by atoms with Crippen LogP contribution in [0.4, 0.5) is 0 Å². The minimum atomic E-state index is 0.721. The van der Waals surface area contributed by atoms with Crippen LogP contribution in [0.2, 0.25) is 0 Å². The molecule has 0 N–H and O–H groups in total. The monoisotopic (exact) mass is 750 g/mol. The molecule has 0 aliphatic heterocycles. The van der Waals surface area contributed by atoms with Crippen LogP contribution >= 0.6 is 22.7 Å². The highest BCUT2D eigenvalue weighted by molar-refractivity contribution is 7.26. The maximum absolute atomic E-state index is 5.24. The summed E-state index contributed by atoms with van der Waals surface area (Å²) < 4.78 is 2.43. The molecule has 0 amide bonds. The second-order valence-corrected chi connectivity index (χ2v) is 15.9. The number of nitrogens with zero attached hydrogens (tertiary/aromatic N) is 4. The van der Waals surface area contributed by atoms with E-state index >= 15 is 0 Å². The lowest BCUT2D eigenvalue weighted by atomic mass is 9.96. The molecule has 0 spiro atoms. The number of thiophene rings is 2. The minimum Gasteiger partial charge on any atom is -0.227 e. The Hall–Kier alpha value is -6.86. The normalized spacial score (nSPS) is 11.6. The number of rotatable bonds is 6. The van der Waals surface area contributed by atoms with E-state index < -0.39 is 0 Å². The first-order chi connectivity index (χ1) is 27.7. The lowest BCUT2D eigenvalue weighted by molar-refractivity contribution is 1.24. The second kappa shape index (κ2) is 13.5. The summed E-state index contributed by atoms with van der Waals surface area (Å²) in [5, 5.41) is 4.60. The summed E-state index contributed by atoms with van der Waals surface area (Å²) in [4.78, 5) is 22.8. The van der Waals surface area contributed by atoms with Gasteiger partial charge in [-0.25, -0.2) is 19.9 Å². The summed E-state index contributed by atoms with van der Waals surface area (Å²) in [5.41, 5.74) is 10.5. The van der Waals surface area contributed by atoms with Crippen LogP contribution in [0.15, 0.2) is 182 Å². The molecule has 0 fully saturated rings. The van der Waals surface area contributed by atoms with Gasteiger partial charge in [0.2, 0.25) is 0 Å². The van der Waals surface area contributed by atoms with Gasteiger partial charge in [-0.2, -0.15) is 0 Å². The van der Waals surface area contributed by atoms with E-state index in [2.05, 4.69) is 170 Å². The lowest BCUT2D eigenvalue weighted by Crippen LogP contribution is -1.94. The van der Waals surface area contributed by atoms with Gasteiger partial charge in [0.1, 0.15) is 9.66 Å². The average Bonchev–Trinajstić information content (AvgIpc) is 3.85. The van der Waals surface area contributed by atoms with E-state index in [0.29, 0.717) is 0 Å². The van der Waals surface area contributed by atoms with E-state index in [0.717, 1.165) is 88.0 Å². The standard InChI is InChI=1S/C50H30N4S2/c1-3-14-31(15-4-1)45-43-39-24-7-9-26-41(39)55-49(43)53-47(51-45)37-22-12-20-35(29-37)33-18-11-19-34(28-33)36-21-13-23-38(30-36)48-52-46(32-16-5-2-6-17-32)44-40-25-8-10-27-42(40)56-50(44)54-48/h1-30H. The maximum atomic E-state index is 5.24. The minimum absolute atomic E-state index is 0.721. The molecule has 4 heterocycles. The number of hydrogen-bond acceptors (Lipinski definition) is 6. The van der Waals surface area contributed by atoms with Crippen molar-refractivity contribution >= 4 is 63.3 Å². The third-order valence-corrected chi connectivity index (χ3v) is 12.5. The van der Waals surface area contributed by atoms with Gasteiger partial charge in [-0.05, 0) is 52.6 Å². The molecular weight excluding hydrogens is 721 g/mol. The van der Waals surface area contributed by atoms with E-state index in [1.165, 1.54) is 20.2 Å². The molecule has 0 saturated heterocycles. The number of fused-ring (bicyclic) bond motifs is 6. The summed E-state index contributed by atoms with van der Waals surface area (Å²) in [5.74, 6) is 1.44. The van der Waals surface area contributed by atoms with Crippen LogP contribution in [-0.2, 0) is 0 Å². The Balaban J connectivity index is 0.982. The van der Waals surface area contributed by atoms with Crippen molar-refractivity contribution in [2.24, 2.45) is 0 Å². The maximum Gasteiger partial charge on any atom is 0.161 e. The fourth-order valence-corrected chi connectivity index (χ4v) is 9.82. The summed E-state index contributed by atoms with van der Waals surface area (Å²) in [7, 11) is 0. The zero-order valence-corrected chi connectivity index (χ0v) is 31.6. The summed E-state index contributed by atoms with van der Waals surface area (Å²) in [6, 6.07) is 63.8. The highest BCUT2D eigenvalue weighted by atomic mass is 32.1. The first-order valence-electron chi connectivity index (χ1n) is 18.5. The van der Waals surface area contributed by atoms with E-state index in [-0.39, 0.29) is 0 Å². The van der Waals surface area contributed by atoms with Crippen LogP contribution in [-0.4, -0.2) is 19.9 Å².